The molecule has 0 saturated carbocycles. The molecular formula is C13H16BrN3O. The number of hydrogen-bond acceptors (Lipinski definition) is 3. The van der Waals surface area contributed by atoms with Gasteiger partial charge in [-0.3, -0.25) is 4.79 Å². The number of pyridine rings is 1. The Hall–Kier alpha value is -0.940. The number of carbonyl (C=O) groups excluding carboxylic acids is 1. The van der Waals surface area contributed by atoms with Crippen molar-refractivity contribution in [3.63, 3.8) is 0 Å². The molecule has 3 atom stereocenters. The predicted molar refractivity (Wildman–Crippen MR) is 73.4 cm³/mol. The highest BCUT2D eigenvalue weighted by molar-refractivity contribution is 9.10. The minimum absolute atomic E-state index is 0.101. The Balaban J connectivity index is 1.69. The van der Waals surface area contributed by atoms with Crippen LogP contribution in [0.25, 0.3) is 0 Å². The molecule has 0 radical (unpaired) electrons. The second-order valence-electron chi connectivity index (χ2n) is 5.14. The Kier molecular flexibility index (Phi) is 3.11. The van der Waals surface area contributed by atoms with Crippen molar-refractivity contribution in [2.45, 2.75) is 38.3 Å². The van der Waals surface area contributed by atoms with Gasteiger partial charge in [0.25, 0.3) is 0 Å². The summed E-state index contributed by atoms with van der Waals surface area (Å²) in [6.07, 6.45) is 3.30. The van der Waals surface area contributed by atoms with Crippen molar-refractivity contribution in [3.8, 4) is 0 Å². The van der Waals surface area contributed by atoms with Crippen LogP contribution in [0.2, 0.25) is 0 Å². The van der Waals surface area contributed by atoms with Crippen LogP contribution in [0.5, 0.6) is 0 Å². The molecule has 2 aliphatic heterocycles. The van der Waals surface area contributed by atoms with Gasteiger partial charge in [0.2, 0.25) is 5.91 Å². The van der Waals surface area contributed by atoms with E-state index in [0.717, 1.165) is 23.0 Å². The SMILES string of the molecule is Cc1nc(NC(=O)C2CC3CCC2N3)ccc1Br. The van der Waals surface area contributed by atoms with E-state index in [1.165, 1.54) is 6.42 Å². The van der Waals surface area contributed by atoms with Crippen LogP contribution >= 0.6 is 15.9 Å². The lowest BCUT2D eigenvalue weighted by Crippen LogP contribution is -2.33. The summed E-state index contributed by atoms with van der Waals surface area (Å²) in [5, 5.41) is 6.40. The van der Waals surface area contributed by atoms with Crippen molar-refractivity contribution >= 4 is 27.7 Å². The standard InChI is InChI=1S/C13H16BrN3O/c1-7-10(14)3-5-12(15-7)17-13(18)9-6-8-2-4-11(9)16-8/h3,5,8-9,11,16H,2,4,6H2,1H3,(H,15,17,18). The first-order chi connectivity index (χ1) is 8.63. The second-order valence-corrected chi connectivity index (χ2v) is 6.00. The highest BCUT2D eigenvalue weighted by Gasteiger charge is 2.42. The minimum Gasteiger partial charge on any atom is -0.310 e. The number of rotatable bonds is 2. The lowest BCUT2D eigenvalue weighted by atomic mass is 9.88. The van der Waals surface area contributed by atoms with E-state index in [0.29, 0.717) is 17.9 Å². The third-order valence-corrected chi connectivity index (χ3v) is 4.75. The maximum absolute atomic E-state index is 12.2. The zero-order valence-electron chi connectivity index (χ0n) is 10.2. The molecule has 2 bridgehead atoms. The van der Waals surface area contributed by atoms with Crippen LogP contribution in [-0.2, 0) is 4.79 Å². The number of carbonyl (C=O) groups is 1. The molecule has 3 unspecified atom stereocenters. The van der Waals surface area contributed by atoms with E-state index < -0.39 is 0 Å². The fourth-order valence-corrected chi connectivity index (χ4v) is 3.17. The number of nitrogens with one attached hydrogen (secondary N) is 2. The van der Waals surface area contributed by atoms with Crippen LogP contribution in [0.15, 0.2) is 16.6 Å². The largest absolute Gasteiger partial charge is 0.310 e. The van der Waals surface area contributed by atoms with Crippen LogP contribution in [0.4, 0.5) is 5.82 Å². The number of fused-ring (bicyclic) bond motifs is 2. The zero-order valence-corrected chi connectivity index (χ0v) is 11.8. The summed E-state index contributed by atoms with van der Waals surface area (Å²) >= 11 is 3.40. The molecule has 96 valence electrons. The van der Waals surface area contributed by atoms with Crippen molar-refractivity contribution in [2.75, 3.05) is 5.32 Å². The van der Waals surface area contributed by atoms with Crippen LogP contribution in [-0.4, -0.2) is 23.0 Å². The molecule has 1 aromatic heterocycles. The second kappa shape index (κ2) is 4.63. The summed E-state index contributed by atoms with van der Waals surface area (Å²) in [7, 11) is 0. The fourth-order valence-electron chi connectivity index (χ4n) is 2.95. The van der Waals surface area contributed by atoms with E-state index >= 15 is 0 Å². The van der Waals surface area contributed by atoms with Gasteiger partial charge in [-0.1, -0.05) is 0 Å². The first-order valence-corrected chi connectivity index (χ1v) is 7.13. The Labute approximate surface area is 115 Å². The van der Waals surface area contributed by atoms with Crippen molar-refractivity contribution in [3.05, 3.63) is 22.3 Å². The molecule has 2 fully saturated rings. The molecule has 4 nitrogen and oxygen atoms in total. The fraction of sp³-hybridized carbons (Fsp3) is 0.538. The summed E-state index contributed by atoms with van der Waals surface area (Å²) < 4.78 is 0.960. The molecular weight excluding hydrogens is 294 g/mol. The third kappa shape index (κ3) is 2.17. The Morgan fingerprint density at radius 1 is 1.50 bits per heavy atom. The average molecular weight is 310 g/mol. The van der Waals surface area contributed by atoms with Gasteiger partial charge in [-0.05, 0) is 54.2 Å². The van der Waals surface area contributed by atoms with Gasteiger partial charge in [0.15, 0.2) is 0 Å². The van der Waals surface area contributed by atoms with Crippen LogP contribution < -0.4 is 10.6 Å². The summed E-state index contributed by atoms with van der Waals surface area (Å²) in [5.74, 6) is 0.849. The first-order valence-electron chi connectivity index (χ1n) is 6.33. The lowest BCUT2D eigenvalue weighted by molar-refractivity contribution is -0.120. The topological polar surface area (TPSA) is 54.0 Å². The van der Waals surface area contributed by atoms with E-state index in [9.17, 15) is 4.79 Å². The summed E-state index contributed by atoms with van der Waals surface area (Å²) in [6, 6.07) is 4.66. The Morgan fingerprint density at radius 3 is 2.94 bits per heavy atom. The van der Waals surface area contributed by atoms with Gasteiger partial charge >= 0.3 is 0 Å². The molecule has 18 heavy (non-hydrogen) atoms. The lowest BCUT2D eigenvalue weighted by Gasteiger charge is -2.19. The smallest absolute Gasteiger partial charge is 0.230 e. The van der Waals surface area contributed by atoms with Gasteiger partial charge in [0.05, 0.1) is 11.6 Å². The molecule has 3 rings (SSSR count). The number of amides is 1. The first kappa shape index (κ1) is 12.1. The molecule has 3 heterocycles. The van der Waals surface area contributed by atoms with Crippen LogP contribution in [0.3, 0.4) is 0 Å². The van der Waals surface area contributed by atoms with Gasteiger partial charge < -0.3 is 10.6 Å². The maximum atomic E-state index is 12.2. The molecule has 1 aromatic rings. The number of aromatic nitrogens is 1. The van der Waals surface area contributed by atoms with Crippen LogP contribution in [0, 0.1) is 12.8 Å². The maximum Gasteiger partial charge on any atom is 0.230 e. The molecule has 0 aliphatic carbocycles. The Morgan fingerprint density at radius 2 is 2.33 bits per heavy atom. The number of nitrogens with zero attached hydrogens (tertiary/aromatic N) is 1. The van der Waals surface area contributed by atoms with E-state index in [-0.39, 0.29) is 11.8 Å². The van der Waals surface area contributed by atoms with E-state index in [2.05, 4.69) is 31.5 Å². The number of halogens is 1. The van der Waals surface area contributed by atoms with E-state index in [1.807, 2.05) is 19.1 Å². The predicted octanol–water partition coefficient (Wildman–Crippen LogP) is 2.23. The molecule has 0 aromatic carbocycles. The van der Waals surface area contributed by atoms with Gasteiger partial charge in [0.1, 0.15) is 5.82 Å². The van der Waals surface area contributed by atoms with Crippen molar-refractivity contribution in [1.29, 1.82) is 0 Å². The normalized spacial score (nSPS) is 29.6. The van der Waals surface area contributed by atoms with Gasteiger partial charge in [-0.2, -0.15) is 0 Å². The van der Waals surface area contributed by atoms with Crippen molar-refractivity contribution in [2.24, 2.45) is 5.92 Å². The van der Waals surface area contributed by atoms with Crippen molar-refractivity contribution < 1.29 is 4.79 Å². The number of hydrogen-bond donors (Lipinski definition) is 2. The number of anilines is 1. The molecule has 5 heteroatoms. The molecule has 1 amide bonds. The zero-order chi connectivity index (χ0) is 12.7. The van der Waals surface area contributed by atoms with Gasteiger partial charge in [0, 0.05) is 16.6 Å². The molecule has 0 spiro atoms. The Bertz CT molecular complexity index is 491. The van der Waals surface area contributed by atoms with Gasteiger partial charge in [-0.15, -0.1) is 0 Å². The average Bonchev–Trinajstić information content (AvgIpc) is 2.96. The minimum atomic E-state index is 0.101. The highest BCUT2D eigenvalue weighted by atomic mass is 79.9. The highest BCUT2D eigenvalue weighted by Crippen LogP contribution is 2.33. The summed E-state index contributed by atoms with van der Waals surface area (Å²) in [4.78, 5) is 16.5. The van der Waals surface area contributed by atoms with E-state index in [1.54, 1.807) is 0 Å². The van der Waals surface area contributed by atoms with Crippen molar-refractivity contribution in [1.82, 2.24) is 10.3 Å². The summed E-state index contributed by atoms with van der Waals surface area (Å²) in [5.41, 5.74) is 0.888. The van der Waals surface area contributed by atoms with Gasteiger partial charge in [-0.25, -0.2) is 4.98 Å². The summed E-state index contributed by atoms with van der Waals surface area (Å²) in [6.45, 7) is 1.92. The third-order valence-electron chi connectivity index (χ3n) is 3.91. The quantitative estimate of drug-likeness (QED) is 0.881. The molecule has 2 saturated heterocycles. The van der Waals surface area contributed by atoms with E-state index in [4.69, 9.17) is 0 Å². The van der Waals surface area contributed by atoms with Crippen LogP contribution in [0.1, 0.15) is 25.0 Å². The number of aryl methyl sites for hydroxylation is 1. The molecule has 2 aliphatic rings. The monoisotopic (exact) mass is 309 g/mol. The molecule has 2 N–H and O–H groups in total.